The molecule has 1 aliphatic carbocycles. The van der Waals surface area contributed by atoms with Crippen LogP contribution in [0.1, 0.15) is 61.8 Å². The summed E-state index contributed by atoms with van der Waals surface area (Å²) in [4.78, 5) is 36.9. The van der Waals surface area contributed by atoms with Gasteiger partial charge in [0.05, 0.1) is 30.8 Å². The second kappa shape index (κ2) is 10.5. The molecule has 1 aliphatic rings. The molecule has 10 heteroatoms. The molecule has 6 atom stereocenters. The standard InChI is InChI=1S/C21H38N2O8/c1-9-29-17(26)12-10-13(24)14(11(2)22-18(27)30-20(3,4)5)16(25)15(12)23-19(28)31-21(6,7)8/h11-16,24-25H,9-10H2,1-8H3,(H,22,27)(H,23,28)/t11-,12-,13+,14+,15-,16+/m1/s1. The summed E-state index contributed by atoms with van der Waals surface area (Å²) in [6.07, 6.45) is -4.08. The molecule has 0 bridgehead atoms. The van der Waals surface area contributed by atoms with Gasteiger partial charge in [-0.2, -0.15) is 0 Å². The molecular weight excluding hydrogens is 408 g/mol. The first-order chi connectivity index (χ1) is 14.1. The van der Waals surface area contributed by atoms with E-state index in [2.05, 4.69) is 10.6 Å². The third-order valence-corrected chi connectivity index (χ3v) is 4.73. The summed E-state index contributed by atoms with van der Waals surface area (Å²) >= 11 is 0. The molecule has 0 aromatic carbocycles. The Kier molecular flexibility index (Phi) is 9.13. The highest BCUT2D eigenvalue weighted by atomic mass is 16.6. The van der Waals surface area contributed by atoms with Crippen molar-refractivity contribution in [2.75, 3.05) is 6.61 Å². The zero-order chi connectivity index (χ0) is 24.1. The van der Waals surface area contributed by atoms with Gasteiger partial charge >= 0.3 is 18.2 Å². The summed E-state index contributed by atoms with van der Waals surface area (Å²) in [5, 5.41) is 26.8. The molecule has 1 rings (SSSR count). The lowest BCUT2D eigenvalue weighted by Crippen LogP contribution is -2.63. The average Bonchev–Trinajstić information content (AvgIpc) is 2.53. The lowest BCUT2D eigenvalue weighted by molar-refractivity contribution is -0.159. The van der Waals surface area contributed by atoms with Gasteiger partial charge < -0.3 is 35.1 Å². The summed E-state index contributed by atoms with van der Waals surface area (Å²) in [6, 6.07) is -1.80. The second-order valence-electron chi connectivity index (χ2n) is 9.84. The molecular formula is C21H38N2O8. The second-order valence-corrected chi connectivity index (χ2v) is 9.84. The summed E-state index contributed by atoms with van der Waals surface area (Å²) < 4.78 is 15.5. The number of rotatable bonds is 5. The number of hydrogen-bond acceptors (Lipinski definition) is 8. The zero-order valence-corrected chi connectivity index (χ0v) is 19.7. The van der Waals surface area contributed by atoms with E-state index in [1.54, 1.807) is 55.4 Å². The summed E-state index contributed by atoms with van der Waals surface area (Å²) in [7, 11) is 0. The number of aliphatic hydroxyl groups is 2. The van der Waals surface area contributed by atoms with Crippen LogP contribution in [0.25, 0.3) is 0 Å². The SMILES string of the molecule is CCOC(=O)[C@@H]1C[C@H](O)[C@H]([C@@H](C)NC(=O)OC(C)(C)C)[C@H](O)[C@@H]1NC(=O)OC(C)(C)C. The normalized spacial score (nSPS) is 27.6. The van der Waals surface area contributed by atoms with Gasteiger partial charge in [-0.3, -0.25) is 4.79 Å². The van der Waals surface area contributed by atoms with Crippen LogP contribution in [0.15, 0.2) is 0 Å². The van der Waals surface area contributed by atoms with Gasteiger partial charge in [-0.05, 0) is 61.8 Å². The van der Waals surface area contributed by atoms with Crippen molar-refractivity contribution in [3.63, 3.8) is 0 Å². The molecule has 0 aliphatic heterocycles. The Morgan fingerprint density at radius 2 is 1.52 bits per heavy atom. The van der Waals surface area contributed by atoms with Gasteiger partial charge in [0.15, 0.2) is 0 Å². The highest BCUT2D eigenvalue weighted by molar-refractivity contribution is 5.76. The number of ether oxygens (including phenoxy) is 3. The van der Waals surface area contributed by atoms with E-state index in [4.69, 9.17) is 14.2 Å². The fourth-order valence-corrected chi connectivity index (χ4v) is 3.61. The molecule has 10 nitrogen and oxygen atoms in total. The minimum Gasteiger partial charge on any atom is -0.466 e. The third kappa shape index (κ3) is 8.53. The van der Waals surface area contributed by atoms with Crippen LogP contribution in [-0.4, -0.2) is 70.5 Å². The van der Waals surface area contributed by atoms with Gasteiger partial charge in [-0.1, -0.05) is 0 Å². The summed E-state index contributed by atoms with van der Waals surface area (Å²) in [5.41, 5.74) is -1.50. The maximum atomic E-state index is 12.5. The number of carbonyl (C=O) groups is 3. The van der Waals surface area contributed by atoms with Crippen LogP contribution in [0, 0.1) is 11.8 Å². The highest BCUT2D eigenvalue weighted by Crippen LogP contribution is 2.33. The van der Waals surface area contributed by atoms with Crippen molar-refractivity contribution in [2.45, 2.75) is 97.3 Å². The van der Waals surface area contributed by atoms with E-state index in [0.717, 1.165) is 0 Å². The molecule has 0 aromatic rings. The van der Waals surface area contributed by atoms with Crippen LogP contribution in [0.4, 0.5) is 9.59 Å². The Morgan fingerprint density at radius 3 is 2.00 bits per heavy atom. The van der Waals surface area contributed by atoms with Crippen molar-refractivity contribution in [3.05, 3.63) is 0 Å². The molecule has 0 saturated heterocycles. The first-order valence-corrected chi connectivity index (χ1v) is 10.6. The lowest BCUT2D eigenvalue weighted by atomic mass is 9.71. The van der Waals surface area contributed by atoms with Gasteiger partial charge in [0, 0.05) is 12.0 Å². The van der Waals surface area contributed by atoms with Crippen molar-refractivity contribution in [3.8, 4) is 0 Å². The summed E-state index contributed by atoms with van der Waals surface area (Å²) in [6.45, 7) is 13.6. The molecule has 31 heavy (non-hydrogen) atoms. The quantitative estimate of drug-likeness (QED) is 0.369. The lowest BCUT2D eigenvalue weighted by Gasteiger charge is -2.44. The fraction of sp³-hybridized carbons (Fsp3) is 0.857. The van der Waals surface area contributed by atoms with Crippen LogP contribution in [0.3, 0.4) is 0 Å². The smallest absolute Gasteiger partial charge is 0.407 e. The molecule has 1 saturated carbocycles. The highest BCUT2D eigenvalue weighted by Gasteiger charge is 2.50. The van der Waals surface area contributed by atoms with E-state index in [1.807, 2.05) is 0 Å². The van der Waals surface area contributed by atoms with Crippen molar-refractivity contribution in [1.82, 2.24) is 10.6 Å². The predicted molar refractivity (Wildman–Crippen MR) is 112 cm³/mol. The Hall–Kier alpha value is -2.07. The van der Waals surface area contributed by atoms with Gasteiger partial charge in [0.1, 0.15) is 11.2 Å². The van der Waals surface area contributed by atoms with Crippen LogP contribution >= 0.6 is 0 Å². The van der Waals surface area contributed by atoms with Crippen LogP contribution in [-0.2, 0) is 19.0 Å². The first-order valence-electron chi connectivity index (χ1n) is 10.6. The minimum atomic E-state index is -1.37. The van der Waals surface area contributed by atoms with Gasteiger partial charge in [-0.15, -0.1) is 0 Å². The van der Waals surface area contributed by atoms with Crippen molar-refractivity contribution >= 4 is 18.2 Å². The van der Waals surface area contributed by atoms with E-state index in [9.17, 15) is 24.6 Å². The number of aliphatic hydroxyl groups excluding tert-OH is 2. The molecule has 0 aromatic heterocycles. The molecule has 0 radical (unpaired) electrons. The van der Waals surface area contributed by atoms with Crippen molar-refractivity contribution in [1.29, 1.82) is 0 Å². The first kappa shape index (κ1) is 27.0. The Balaban J connectivity index is 3.06. The minimum absolute atomic E-state index is 0.0681. The van der Waals surface area contributed by atoms with Crippen molar-refractivity contribution in [2.24, 2.45) is 11.8 Å². The number of carbonyl (C=O) groups excluding carboxylic acids is 3. The molecule has 0 spiro atoms. The summed E-state index contributed by atoms with van der Waals surface area (Å²) in [5.74, 6) is -2.51. The molecule has 0 unspecified atom stereocenters. The van der Waals surface area contributed by atoms with Gasteiger partial charge in [0.25, 0.3) is 0 Å². The number of hydrogen-bond donors (Lipinski definition) is 4. The largest absolute Gasteiger partial charge is 0.466 e. The molecule has 2 amide bonds. The van der Waals surface area contributed by atoms with E-state index in [-0.39, 0.29) is 13.0 Å². The van der Waals surface area contributed by atoms with Gasteiger partial charge in [0.2, 0.25) is 0 Å². The van der Waals surface area contributed by atoms with E-state index >= 15 is 0 Å². The van der Waals surface area contributed by atoms with E-state index in [1.165, 1.54) is 0 Å². The predicted octanol–water partition coefficient (Wildman–Crippen LogP) is 1.71. The van der Waals surface area contributed by atoms with Crippen LogP contribution in [0.2, 0.25) is 0 Å². The van der Waals surface area contributed by atoms with Crippen LogP contribution in [0.5, 0.6) is 0 Å². The molecule has 180 valence electrons. The number of esters is 1. The maximum absolute atomic E-state index is 12.5. The molecule has 1 fully saturated rings. The van der Waals surface area contributed by atoms with E-state index in [0.29, 0.717) is 0 Å². The Labute approximate surface area is 184 Å². The molecule has 0 heterocycles. The monoisotopic (exact) mass is 446 g/mol. The maximum Gasteiger partial charge on any atom is 0.407 e. The topological polar surface area (TPSA) is 143 Å². The number of amides is 2. The van der Waals surface area contributed by atoms with E-state index < -0.39 is 65.5 Å². The van der Waals surface area contributed by atoms with Crippen LogP contribution < -0.4 is 10.6 Å². The average molecular weight is 447 g/mol. The van der Waals surface area contributed by atoms with Gasteiger partial charge in [-0.25, -0.2) is 9.59 Å². The van der Waals surface area contributed by atoms with Crippen molar-refractivity contribution < 1.29 is 38.8 Å². The fourth-order valence-electron chi connectivity index (χ4n) is 3.61. The Bertz CT molecular complexity index is 640. The number of alkyl carbamates (subject to hydrolysis) is 2. The molecule has 4 N–H and O–H groups in total. The third-order valence-electron chi connectivity index (χ3n) is 4.73. The number of nitrogens with one attached hydrogen (secondary N) is 2. The zero-order valence-electron chi connectivity index (χ0n) is 19.7. The Morgan fingerprint density at radius 1 is 1.00 bits per heavy atom.